The van der Waals surface area contributed by atoms with Crippen LogP contribution in [0.4, 0.5) is 35.1 Å². The lowest BCUT2D eigenvalue weighted by atomic mass is 9.96. The van der Waals surface area contributed by atoms with Crippen molar-refractivity contribution in [2.45, 2.75) is 26.7 Å². The van der Waals surface area contributed by atoms with Crippen LogP contribution in [0.25, 0.3) is 11.1 Å². The van der Waals surface area contributed by atoms with Crippen LogP contribution in [0.2, 0.25) is 0 Å². The van der Waals surface area contributed by atoms with Gasteiger partial charge in [-0.1, -0.05) is 13.8 Å². The molecule has 0 nitrogen and oxygen atoms in total. The molecule has 0 heterocycles. The zero-order chi connectivity index (χ0) is 18.3. The van der Waals surface area contributed by atoms with Gasteiger partial charge >= 0.3 is 0 Å². The Labute approximate surface area is 131 Å². The Morgan fingerprint density at radius 1 is 0.417 bits per heavy atom. The largest absolute Gasteiger partial charge is 0.203 e. The molecular formula is C16H10F8. The fraction of sp³-hybridized carbons (Fsp3) is 0.250. The first-order valence-corrected chi connectivity index (χ1v) is 6.88. The minimum Gasteiger partial charge on any atom is -0.203 e. The maximum Gasteiger partial charge on any atom is 0.170 e. The second-order valence-electron chi connectivity index (χ2n) is 4.93. The minimum atomic E-state index is -2.13. The van der Waals surface area contributed by atoms with Gasteiger partial charge in [0.05, 0.1) is 11.1 Å². The molecule has 0 aliphatic heterocycles. The van der Waals surface area contributed by atoms with Crippen molar-refractivity contribution in [3.05, 3.63) is 57.7 Å². The predicted octanol–water partition coefficient (Wildman–Crippen LogP) is 5.59. The number of hydrogen-bond donors (Lipinski definition) is 0. The molecule has 8 heteroatoms. The van der Waals surface area contributed by atoms with Gasteiger partial charge < -0.3 is 0 Å². The van der Waals surface area contributed by atoms with Gasteiger partial charge in [-0.25, -0.2) is 35.1 Å². The van der Waals surface area contributed by atoms with Crippen molar-refractivity contribution in [1.82, 2.24) is 0 Å². The maximum atomic E-state index is 14.0. The molecule has 0 aromatic heterocycles. The maximum absolute atomic E-state index is 14.0. The first kappa shape index (κ1) is 18.2. The van der Waals surface area contributed by atoms with Crippen LogP contribution in [0.1, 0.15) is 25.0 Å². The third-order valence-corrected chi connectivity index (χ3v) is 3.67. The van der Waals surface area contributed by atoms with E-state index < -0.39 is 81.6 Å². The average molecular weight is 354 g/mol. The Kier molecular flexibility index (Phi) is 4.87. The quantitative estimate of drug-likeness (QED) is 0.498. The second kappa shape index (κ2) is 6.41. The molecule has 0 radical (unpaired) electrons. The molecule has 130 valence electrons. The van der Waals surface area contributed by atoms with Crippen LogP contribution >= 0.6 is 0 Å². The first-order chi connectivity index (χ1) is 11.2. The molecular weight excluding hydrogens is 344 g/mol. The Morgan fingerprint density at radius 2 is 0.625 bits per heavy atom. The van der Waals surface area contributed by atoms with E-state index in [-0.39, 0.29) is 0 Å². The normalized spacial score (nSPS) is 11.2. The summed E-state index contributed by atoms with van der Waals surface area (Å²) >= 11 is 0. The predicted molar refractivity (Wildman–Crippen MR) is 70.3 cm³/mol. The standard InChI is InChI=1S/C16H10F8/c1-3-5-9(17)13(21)7(14(22)10(5)18)8-15(23)11(19)6(4-2)12(20)16(8)24/h3-4H2,1-2H3. The second-order valence-corrected chi connectivity index (χ2v) is 4.93. The number of hydrogen-bond acceptors (Lipinski definition) is 0. The fourth-order valence-electron chi connectivity index (χ4n) is 2.41. The van der Waals surface area contributed by atoms with Crippen LogP contribution in [0.5, 0.6) is 0 Å². The molecule has 0 unspecified atom stereocenters. The van der Waals surface area contributed by atoms with E-state index in [2.05, 4.69) is 0 Å². The Balaban J connectivity index is 2.99. The average Bonchev–Trinajstić information content (AvgIpc) is 2.55. The smallest absolute Gasteiger partial charge is 0.170 e. The van der Waals surface area contributed by atoms with Crippen LogP contribution < -0.4 is 0 Å². The van der Waals surface area contributed by atoms with E-state index in [0.29, 0.717) is 0 Å². The van der Waals surface area contributed by atoms with Gasteiger partial charge in [0.25, 0.3) is 0 Å². The van der Waals surface area contributed by atoms with E-state index in [4.69, 9.17) is 0 Å². The van der Waals surface area contributed by atoms with Crippen LogP contribution in [-0.4, -0.2) is 0 Å². The molecule has 24 heavy (non-hydrogen) atoms. The monoisotopic (exact) mass is 354 g/mol. The summed E-state index contributed by atoms with van der Waals surface area (Å²) < 4.78 is 111. The summed E-state index contributed by atoms with van der Waals surface area (Å²) in [5, 5.41) is 0. The molecule has 0 atom stereocenters. The molecule has 0 amide bonds. The third kappa shape index (κ3) is 2.44. The van der Waals surface area contributed by atoms with Gasteiger partial charge in [-0.3, -0.25) is 0 Å². The molecule has 0 aliphatic carbocycles. The fourth-order valence-corrected chi connectivity index (χ4v) is 2.41. The number of halogens is 8. The van der Waals surface area contributed by atoms with Crippen molar-refractivity contribution in [2.75, 3.05) is 0 Å². The van der Waals surface area contributed by atoms with Crippen molar-refractivity contribution in [2.24, 2.45) is 0 Å². The molecule has 2 aromatic rings. The Morgan fingerprint density at radius 3 is 0.792 bits per heavy atom. The Hall–Kier alpha value is -2.12. The van der Waals surface area contributed by atoms with Crippen LogP contribution in [0.3, 0.4) is 0 Å². The lowest BCUT2D eigenvalue weighted by molar-refractivity contribution is 0.429. The van der Waals surface area contributed by atoms with Crippen molar-refractivity contribution in [1.29, 1.82) is 0 Å². The van der Waals surface area contributed by atoms with Gasteiger partial charge in [0.1, 0.15) is 0 Å². The summed E-state index contributed by atoms with van der Waals surface area (Å²) in [7, 11) is 0. The van der Waals surface area contributed by atoms with Gasteiger partial charge in [0.15, 0.2) is 46.5 Å². The summed E-state index contributed by atoms with van der Waals surface area (Å²) in [6.45, 7) is 2.38. The van der Waals surface area contributed by atoms with E-state index in [9.17, 15) is 35.1 Å². The van der Waals surface area contributed by atoms with Crippen molar-refractivity contribution in [3.63, 3.8) is 0 Å². The van der Waals surface area contributed by atoms with Gasteiger partial charge in [0, 0.05) is 11.1 Å². The summed E-state index contributed by atoms with van der Waals surface area (Å²) in [5.41, 5.74) is -5.64. The number of rotatable bonds is 3. The Bertz CT molecular complexity index is 698. The molecule has 2 rings (SSSR count). The summed E-state index contributed by atoms with van der Waals surface area (Å²) in [6.07, 6.45) is -0.900. The molecule has 0 bridgehead atoms. The van der Waals surface area contributed by atoms with Crippen molar-refractivity contribution < 1.29 is 35.1 Å². The highest BCUT2D eigenvalue weighted by Gasteiger charge is 2.33. The van der Waals surface area contributed by atoms with E-state index in [1.807, 2.05) is 0 Å². The van der Waals surface area contributed by atoms with E-state index >= 15 is 0 Å². The number of benzene rings is 2. The lowest BCUT2D eigenvalue weighted by Crippen LogP contribution is -2.11. The summed E-state index contributed by atoms with van der Waals surface area (Å²) in [5.74, 6) is -16.1. The zero-order valence-corrected chi connectivity index (χ0v) is 12.4. The van der Waals surface area contributed by atoms with Crippen LogP contribution in [0, 0.1) is 46.5 Å². The van der Waals surface area contributed by atoms with Crippen molar-refractivity contribution >= 4 is 0 Å². The van der Waals surface area contributed by atoms with Gasteiger partial charge in [-0.15, -0.1) is 0 Å². The van der Waals surface area contributed by atoms with E-state index in [1.165, 1.54) is 13.8 Å². The molecule has 0 fully saturated rings. The van der Waals surface area contributed by atoms with E-state index in [0.717, 1.165) is 0 Å². The summed E-state index contributed by atoms with van der Waals surface area (Å²) in [6, 6.07) is 0. The van der Waals surface area contributed by atoms with Gasteiger partial charge in [-0.05, 0) is 12.8 Å². The third-order valence-electron chi connectivity index (χ3n) is 3.67. The molecule has 0 saturated heterocycles. The molecule has 0 spiro atoms. The van der Waals surface area contributed by atoms with Gasteiger partial charge in [-0.2, -0.15) is 0 Å². The highest BCUT2D eigenvalue weighted by atomic mass is 19.2. The molecule has 0 saturated carbocycles. The lowest BCUT2D eigenvalue weighted by Gasteiger charge is -2.15. The highest BCUT2D eigenvalue weighted by Crippen LogP contribution is 2.38. The SMILES string of the molecule is CCc1c(F)c(F)c(-c2c(F)c(F)c(CC)c(F)c2F)c(F)c1F. The summed E-state index contributed by atoms with van der Waals surface area (Å²) in [4.78, 5) is 0. The van der Waals surface area contributed by atoms with E-state index in [1.54, 1.807) is 0 Å². The molecule has 0 aliphatic rings. The molecule has 2 aromatic carbocycles. The van der Waals surface area contributed by atoms with Gasteiger partial charge in [0.2, 0.25) is 0 Å². The van der Waals surface area contributed by atoms with Crippen LogP contribution in [0.15, 0.2) is 0 Å². The highest BCUT2D eigenvalue weighted by molar-refractivity contribution is 5.68. The van der Waals surface area contributed by atoms with Crippen LogP contribution in [-0.2, 0) is 12.8 Å². The minimum absolute atomic E-state index is 0.450. The first-order valence-electron chi connectivity index (χ1n) is 6.88. The topological polar surface area (TPSA) is 0 Å². The van der Waals surface area contributed by atoms with Crippen molar-refractivity contribution in [3.8, 4) is 11.1 Å². The zero-order valence-electron chi connectivity index (χ0n) is 12.4. The molecule has 0 N–H and O–H groups in total.